The summed E-state index contributed by atoms with van der Waals surface area (Å²) in [6, 6.07) is 0. The van der Waals surface area contributed by atoms with E-state index in [0.29, 0.717) is 0 Å². The molecule has 0 saturated heterocycles. The molecule has 20 heavy (non-hydrogen) atoms. The molecule has 1 aromatic rings. The molecule has 0 atom stereocenters. The quantitative estimate of drug-likeness (QED) is 0.611. The predicted molar refractivity (Wildman–Crippen MR) is 66.5 cm³/mol. The Balaban J connectivity index is 3.22. The van der Waals surface area contributed by atoms with Crippen LogP contribution >= 0.6 is 0 Å². The first-order valence-corrected chi connectivity index (χ1v) is 6.16. The average Bonchev–Trinajstić information content (AvgIpc) is 2.84. The van der Waals surface area contributed by atoms with Gasteiger partial charge in [-0.05, 0) is 20.8 Å². The molecular weight excluding hydrogens is 268 g/mol. The number of nitrogens with zero attached hydrogens (tertiary/aromatic N) is 1. The van der Waals surface area contributed by atoms with Crippen LogP contribution in [-0.2, 0) is 14.2 Å². The predicted octanol–water partition coefficient (Wildman–Crippen LogP) is 0.940. The number of carbonyl (C=O) groups excluding carboxylic acids is 3. The minimum Gasteiger partial charge on any atom is -0.462 e. The largest absolute Gasteiger partial charge is 0.462 e. The molecular formula is C12H16N2O6. The molecule has 0 saturated carbocycles. The monoisotopic (exact) mass is 284 g/mol. The Hall–Kier alpha value is -2.38. The Morgan fingerprint density at radius 2 is 1.40 bits per heavy atom. The Kier molecular flexibility index (Phi) is 5.70. The summed E-state index contributed by atoms with van der Waals surface area (Å²) in [5, 5.41) is 5.95. The van der Waals surface area contributed by atoms with Crippen LogP contribution in [0.3, 0.4) is 0 Å². The van der Waals surface area contributed by atoms with Gasteiger partial charge in [-0.1, -0.05) is 0 Å². The molecule has 0 aromatic carbocycles. The summed E-state index contributed by atoms with van der Waals surface area (Å²) in [7, 11) is 0. The molecule has 8 heteroatoms. The second-order valence-corrected chi connectivity index (χ2v) is 3.48. The summed E-state index contributed by atoms with van der Waals surface area (Å²) >= 11 is 0. The number of hydrogen-bond donors (Lipinski definition) is 1. The first-order chi connectivity index (χ1) is 9.56. The SMILES string of the molecule is CCOC(=O)c1n[nH]c(C(=O)OCC)c1C(=O)OCC. The summed E-state index contributed by atoms with van der Waals surface area (Å²) in [6.07, 6.45) is 0. The Labute approximate surface area is 115 Å². The molecule has 1 aromatic heterocycles. The maximum absolute atomic E-state index is 11.9. The lowest BCUT2D eigenvalue weighted by atomic mass is 10.2. The maximum Gasteiger partial charge on any atom is 0.359 e. The van der Waals surface area contributed by atoms with Gasteiger partial charge in [-0.25, -0.2) is 14.4 Å². The minimum atomic E-state index is -0.840. The first kappa shape index (κ1) is 15.7. The third-order valence-corrected chi connectivity index (χ3v) is 2.19. The molecule has 110 valence electrons. The van der Waals surface area contributed by atoms with Crippen molar-refractivity contribution in [3.8, 4) is 0 Å². The van der Waals surface area contributed by atoms with Crippen molar-refractivity contribution in [2.24, 2.45) is 0 Å². The lowest BCUT2D eigenvalue weighted by molar-refractivity contribution is 0.0459. The van der Waals surface area contributed by atoms with Crippen molar-refractivity contribution in [3.05, 3.63) is 17.0 Å². The van der Waals surface area contributed by atoms with Crippen LogP contribution in [0.4, 0.5) is 0 Å². The number of aromatic nitrogens is 2. The molecule has 0 fully saturated rings. The maximum atomic E-state index is 11.9. The molecule has 0 spiro atoms. The number of aromatic amines is 1. The smallest absolute Gasteiger partial charge is 0.359 e. The van der Waals surface area contributed by atoms with E-state index in [-0.39, 0.29) is 36.8 Å². The standard InChI is InChI=1S/C12H16N2O6/c1-4-18-10(15)7-8(11(16)19-5-2)13-14-9(7)12(17)20-6-3/h4-6H2,1-3H3,(H,13,14). The minimum absolute atomic E-state index is 0.0918. The van der Waals surface area contributed by atoms with E-state index in [2.05, 4.69) is 10.2 Å². The topological polar surface area (TPSA) is 108 Å². The van der Waals surface area contributed by atoms with Crippen molar-refractivity contribution in [3.63, 3.8) is 0 Å². The first-order valence-electron chi connectivity index (χ1n) is 6.16. The Bertz CT molecular complexity index is 473. The van der Waals surface area contributed by atoms with E-state index in [1.54, 1.807) is 20.8 Å². The second kappa shape index (κ2) is 7.27. The molecule has 8 nitrogen and oxygen atoms in total. The van der Waals surface area contributed by atoms with Crippen molar-refractivity contribution in [1.82, 2.24) is 10.2 Å². The molecule has 0 aliphatic heterocycles. The van der Waals surface area contributed by atoms with E-state index in [9.17, 15) is 14.4 Å². The lowest BCUT2D eigenvalue weighted by Crippen LogP contribution is -2.17. The Morgan fingerprint density at radius 1 is 0.900 bits per heavy atom. The molecule has 0 aliphatic rings. The molecule has 1 N–H and O–H groups in total. The van der Waals surface area contributed by atoms with Gasteiger partial charge in [-0.3, -0.25) is 5.10 Å². The molecule has 1 rings (SSSR count). The van der Waals surface area contributed by atoms with Gasteiger partial charge in [-0.15, -0.1) is 0 Å². The van der Waals surface area contributed by atoms with Crippen LogP contribution in [-0.4, -0.2) is 47.9 Å². The van der Waals surface area contributed by atoms with E-state index in [0.717, 1.165) is 0 Å². The van der Waals surface area contributed by atoms with Crippen molar-refractivity contribution < 1.29 is 28.6 Å². The molecule has 1 heterocycles. The van der Waals surface area contributed by atoms with E-state index < -0.39 is 17.9 Å². The van der Waals surface area contributed by atoms with Gasteiger partial charge < -0.3 is 14.2 Å². The van der Waals surface area contributed by atoms with Gasteiger partial charge in [0.05, 0.1) is 19.8 Å². The van der Waals surface area contributed by atoms with Crippen molar-refractivity contribution in [2.45, 2.75) is 20.8 Å². The third kappa shape index (κ3) is 3.34. The zero-order valence-electron chi connectivity index (χ0n) is 11.5. The van der Waals surface area contributed by atoms with Crippen LogP contribution < -0.4 is 0 Å². The van der Waals surface area contributed by atoms with Crippen molar-refractivity contribution >= 4 is 17.9 Å². The number of rotatable bonds is 6. The number of H-pyrrole nitrogens is 1. The number of esters is 3. The van der Waals surface area contributed by atoms with Crippen LogP contribution in [0.25, 0.3) is 0 Å². The molecule has 0 unspecified atom stereocenters. The van der Waals surface area contributed by atoms with Crippen LogP contribution in [0.2, 0.25) is 0 Å². The molecule has 0 amide bonds. The highest BCUT2D eigenvalue weighted by Crippen LogP contribution is 2.15. The van der Waals surface area contributed by atoms with E-state index >= 15 is 0 Å². The zero-order chi connectivity index (χ0) is 15.1. The fraction of sp³-hybridized carbons (Fsp3) is 0.500. The van der Waals surface area contributed by atoms with Crippen LogP contribution in [0.15, 0.2) is 0 Å². The number of hydrogen-bond acceptors (Lipinski definition) is 7. The summed E-state index contributed by atoms with van der Waals surface area (Å²) in [5.74, 6) is -2.45. The number of ether oxygens (including phenoxy) is 3. The van der Waals surface area contributed by atoms with Gasteiger partial charge in [0.25, 0.3) is 0 Å². The van der Waals surface area contributed by atoms with Gasteiger partial charge >= 0.3 is 17.9 Å². The van der Waals surface area contributed by atoms with E-state index in [1.165, 1.54) is 0 Å². The highest BCUT2D eigenvalue weighted by Gasteiger charge is 2.31. The number of nitrogens with one attached hydrogen (secondary N) is 1. The Morgan fingerprint density at radius 3 is 1.95 bits per heavy atom. The van der Waals surface area contributed by atoms with Gasteiger partial charge in [0.15, 0.2) is 11.4 Å². The lowest BCUT2D eigenvalue weighted by Gasteiger charge is -2.05. The van der Waals surface area contributed by atoms with Crippen molar-refractivity contribution in [2.75, 3.05) is 19.8 Å². The second-order valence-electron chi connectivity index (χ2n) is 3.48. The zero-order valence-corrected chi connectivity index (χ0v) is 11.5. The van der Waals surface area contributed by atoms with Crippen molar-refractivity contribution in [1.29, 1.82) is 0 Å². The number of carbonyl (C=O) groups is 3. The third-order valence-electron chi connectivity index (χ3n) is 2.19. The van der Waals surface area contributed by atoms with Gasteiger partial charge in [0, 0.05) is 0 Å². The fourth-order valence-corrected chi connectivity index (χ4v) is 1.44. The average molecular weight is 284 g/mol. The summed E-state index contributed by atoms with van der Waals surface area (Å²) in [4.78, 5) is 35.3. The van der Waals surface area contributed by atoms with E-state index in [1.807, 2.05) is 0 Å². The van der Waals surface area contributed by atoms with Gasteiger partial charge in [0.1, 0.15) is 5.56 Å². The van der Waals surface area contributed by atoms with Crippen LogP contribution in [0, 0.1) is 0 Å². The van der Waals surface area contributed by atoms with E-state index in [4.69, 9.17) is 14.2 Å². The summed E-state index contributed by atoms with van der Waals surface area (Å²) < 4.78 is 14.4. The molecule has 0 bridgehead atoms. The fourth-order valence-electron chi connectivity index (χ4n) is 1.44. The molecule has 0 aliphatic carbocycles. The van der Waals surface area contributed by atoms with Crippen LogP contribution in [0.5, 0.6) is 0 Å². The highest BCUT2D eigenvalue weighted by atomic mass is 16.5. The van der Waals surface area contributed by atoms with Crippen LogP contribution in [0.1, 0.15) is 52.1 Å². The van der Waals surface area contributed by atoms with Gasteiger partial charge in [0.2, 0.25) is 0 Å². The normalized spacial score (nSPS) is 9.95. The summed E-state index contributed by atoms with van der Waals surface area (Å²) in [6.45, 7) is 5.16. The van der Waals surface area contributed by atoms with Gasteiger partial charge in [-0.2, -0.15) is 5.10 Å². The molecule has 0 radical (unpaired) electrons. The highest BCUT2D eigenvalue weighted by molar-refractivity contribution is 6.08. The summed E-state index contributed by atoms with van der Waals surface area (Å²) in [5.41, 5.74) is -0.801.